The molecule has 0 radical (unpaired) electrons. The van der Waals surface area contributed by atoms with Gasteiger partial charge < -0.3 is 35.1 Å². The first-order valence-electron chi connectivity index (χ1n) is 29.9. The molecule has 0 amide bonds. The van der Waals surface area contributed by atoms with Crippen molar-refractivity contribution < 1.29 is 14.1 Å². The minimum atomic E-state index is -3.22. The maximum atomic E-state index is 11.2. The highest BCUT2D eigenvalue weighted by molar-refractivity contribution is 8.24. The van der Waals surface area contributed by atoms with Crippen LogP contribution in [0.4, 0.5) is 28.7 Å². The number of allylic oxidation sites excluding steroid dienone is 5. The summed E-state index contributed by atoms with van der Waals surface area (Å²) < 4.78 is 16.4. The van der Waals surface area contributed by atoms with Gasteiger partial charge in [-0.1, -0.05) is 93.1 Å². The van der Waals surface area contributed by atoms with E-state index in [4.69, 9.17) is 27.3 Å². The monoisotopic (exact) mass is 1340 g/mol. The molecular weight excluding hydrogens is 1260 g/mol. The standard InChI is InChI=1S/C17H20N4.C17H19N3.C9H13N.C8H7ClN2.C8H8N2O.C8H11NO2.C2H3N.Cl3OP/c1-5-13-6-8-14(9-7-13)21(4)17-16-15(10-11-20(16)3)18-12(2)19-17;1-4-13-8-10-14(11-9-13)20(3)17-15-6-5-7-16(15)18-12(2)19-17;1-3-8-4-6-9(10-2)7-5-8;1-5-10-7-4-2-3-6(7)8(9)11-5;1-5-9-7-4-2-3-6(7)8(11)10-5;1-2-11-8(10)6-4-3-5-7(6)9;1-2-3;1-5(2,3)4/h6-11H,5H2,1-4H3;5,7-11H,4,6H2,1-3H3;4-7,10H,3H2,1-2H3;2,4H,3H2,1H3;2,4H,3H2,1H3,(H,9,10,11);3,5H,2,4,9H2,1H3;1H3;. The Morgan fingerprint density at radius 1 is 0.663 bits per heavy atom. The lowest BCUT2D eigenvalue weighted by molar-refractivity contribution is -0.138. The first-order chi connectivity index (χ1) is 43.9. The Labute approximate surface area is 559 Å². The third kappa shape index (κ3) is 22.5. The van der Waals surface area contributed by atoms with Crippen molar-refractivity contribution in [3.63, 3.8) is 0 Å². The highest BCUT2D eigenvalue weighted by Crippen LogP contribution is 2.61. The Hall–Kier alpha value is -8.43. The van der Waals surface area contributed by atoms with Gasteiger partial charge in [-0.2, -0.15) is 5.26 Å². The highest BCUT2D eigenvalue weighted by Gasteiger charge is 2.20. The van der Waals surface area contributed by atoms with Crippen LogP contribution in [-0.2, 0) is 59.7 Å². The average Bonchev–Trinajstić information content (AvgIpc) is 1.55. The van der Waals surface area contributed by atoms with Crippen LogP contribution in [0.15, 0.2) is 132 Å². The number of carbonyl (C=O) groups is 1. The van der Waals surface area contributed by atoms with Gasteiger partial charge in [-0.3, -0.25) is 9.36 Å². The summed E-state index contributed by atoms with van der Waals surface area (Å²) in [6.07, 6.45) is 24.0. The number of anilines is 5. The Kier molecular flexibility index (Phi) is 29.5. The molecule has 0 atom stereocenters. The summed E-state index contributed by atoms with van der Waals surface area (Å²) >= 11 is 19.7. The number of hydrogen-bond donors (Lipinski definition) is 3. The summed E-state index contributed by atoms with van der Waals surface area (Å²) in [5, 5.41) is 7.77. The van der Waals surface area contributed by atoms with E-state index in [1.807, 2.05) is 77.5 Å². The fourth-order valence-electron chi connectivity index (χ4n) is 9.48. The maximum Gasteiger partial charge on any atom is 0.339 e. The predicted molar refractivity (Wildman–Crippen MR) is 381 cm³/mol. The number of nitrogens with one attached hydrogen (secondary N) is 2. The van der Waals surface area contributed by atoms with E-state index >= 15 is 0 Å². The zero-order chi connectivity index (χ0) is 67.7. The number of esters is 1. The Bertz CT molecular complexity index is 4070. The molecule has 3 aromatic carbocycles. The van der Waals surface area contributed by atoms with E-state index in [1.165, 1.54) is 34.9 Å². The van der Waals surface area contributed by atoms with Crippen LogP contribution in [-0.4, -0.2) is 78.2 Å². The maximum absolute atomic E-state index is 11.2. The molecule has 92 heavy (non-hydrogen) atoms. The minimum absolute atomic E-state index is 0.00231. The summed E-state index contributed by atoms with van der Waals surface area (Å²) in [5.74, 6) is 4.69. The number of nitrogens with two attached hydrogens (primary N) is 1. The van der Waals surface area contributed by atoms with E-state index < -0.39 is 5.20 Å². The number of ether oxygens (including phenoxy) is 1. The van der Waals surface area contributed by atoms with Gasteiger partial charge in [0, 0.05) is 80.8 Å². The molecule has 4 N–H and O–H groups in total. The summed E-state index contributed by atoms with van der Waals surface area (Å²) in [6.45, 7) is 17.6. The van der Waals surface area contributed by atoms with Gasteiger partial charge in [0.1, 0.15) is 39.8 Å². The summed E-state index contributed by atoms with van der Waals surface area (Å²) in [6, 6.07) is 29.6. The fraction of sp³-hybridized carbons (Fsp3) is 0.304. The number of halogens is 4. The van der Waals surface area contributed by atoms with Crippen LogP contribution in [0.3, 0.4) is 0 Å². The molecule has 0 spiro atoms. The van der Waals surface area contributed by atoms with Gasteiger partial charge in [0.2, 0.25) is 0 Å². The van der Waals surface area contributed by atoms with Gasteiger partial charge in [0.05, 0.1) is 40.8 Å². The molecule has 5 aromatic heterocycles. The molecule has 4 aliphatic rings. The number of hydrogen-bond acceptors (Lipinski definition) is 16. The number of aromatic amines is 1. The Morgan fingerprint density at radius 2 is 1.10 bits per heavy atom. The quantitative estimate of drug-likeness (QED) is 0.0655. The van der Waals surface area contributed by atoms with Crippen molar-refractivity contribution in [1.29, 1.82) is 5.26 Å². The van der Waals surface area contributed by atoms with E-state index in [0.717, 1.165) is 118 Å². The zero-order valence-corrected chi connectivity index (χ0v) is 58.4. The zero-order valence-electron chi connectivity index (χ0n) is 54.4. The smallest absolute Gasteiger partial charge is 0.339 e. The van der Waals surface area contributed by atoms with E-state index in [2.05, 4.69) is 213 Å². The number of rotatable bonds is 10. The van der Waals surface area contributed by atoms with E-state index in [0.29, 0.717) is 35.3 Å². The summed E-state index contributed by atoms with van der Waals surface area (Å²) in [4.78, 5) is 59.9. The van der Waals surface area contributed by atoms with Gasteiger partial charge in [0.15, 0.2) is 5.82 Å². The molecule has 23 heteroatoms. The molecular formula is C69H81Cl4N14O4P. The number of carbonyl (C=O) groups excluding carboxylic acids is 1. The van der Waals surface area contributed by atoms with Crippen molar-refractivity contribution >= 4 is 114 Å². The van der Waals surface area contributed by atoms with Gasteiger partial charge >= 0.3 is 11.2 Å². The molecule has 484 valence electrons. The second kappa shape index (κ2) is 36.6. The molecule has 18 nitrogen and oxygen atoms in total. The number of H-pyrrole nitrogens is 1. The van der Waals surface area contributed by atoms with Crippen molar-refractivity contribution in [3.05, 3.63) is 216 Å². The minimum Gasteiger partial charge on any atom is -0.463 e. The number of benzene rings is 3. The van der Waals surface area contributed by atoms with Crippen LogP contribution in [0.1, 0.15) is 115 Å². The predicted octanol–water partition coefficient (Wildman–Crippen LogP) is 16.3. The fourth-order valence-corrected chi connectivity index (χ4v) is 9.77. The topological polar surface area (TPSA) is 240 Å². The van der Waals surface area contributed by atoms with Gasteiger partial charge in [-0.25, -0.2) is 39.7 Å². The number of aromatic nitrogens is 9. The van der Waals surface area contributed by atoms with Crippen LogP contribution in [0.25, 0.3) is 29.3 Å². The van der Waals surface area contributed by atoms with Crippen LogP contribution in [0.2, 0.25) is 5.15 Å². The van der Waals surface area contributed by atoms with Crippen LogP contribution in [0.5, 0.6) is 0 Å². The average molecular weight is 1340 g/mol. The molecule has 8 aromatic rings. The van der Waals surface area contributed by atoms with E-state index in [1.54, 1.807) is 26.0 Å². The van der Waals surface area contributed by atoms with Gasteiger partial charge in [0.25, 0.3) is 5.56 Å². The van der Waals surface area contributed by atoms with Crippen molar-refractivity contribution in [2.24, 2.45) is 12.8 Å². The Balaban J connectivity index is 0.000000200. The van der Waals surface area contributed by atoms with Crippen molar-refractivity contribution in [3.8, 4) is 6.07 Å². The van der Waals surface area contributed by atoms with E-state index in [-0.39, 0.29) is 11.5 Å². The SMILES string of the molecule is CC#N.CCOC(=O)C1=C(N)C=CC1.CCc1ccc(N(C)c2nc(C)nc3c2CC=C3)cc1.CCc1ccc(N(C)c2nc(C)nc3ccn(C)c23)cc1.CCc1ccc(NC)cc1.Cc1nc(Cl)c2c(n1)C=CC2.Cc1nc2c(c(=O)[nH]1)CC=C2.O=P(Cl)(Cl)Cl. The molecule has 0 bridgehead atoms. The molecule has 0 aliphatic heterocycles. The Morgan fingerprint density at radius 3 is 1.59 bits per heavy atom. The molecule has 5 heterocycles. The number of fused-ring (bicyclic) bond motifs is 4. The number of nitriles is 1. The first kappa shape index (κ1) is 74.3. The normalized spacial score (nSPS) is 12.1. The van der Waals surface area contributed by atoms with Crippen molar-refractivity contribution in [2.75, 3.05) is 42.9 Å². The second-order valence-electron chi connectivity index (χ2n) is 20.8. The van der Waals surface area contributed by atoms with Crippen LogP contribution in [0, 0.1) is 39.0 Å². The van der Waals surface area contributed by atoms with Crippen molar-refractivity contribution in [1.82, 2.24) is 44.4 Å². The summed E-state index contributed by atoms with van der Waals surface area (Å²) in [7, 11) is 8.08. The molecule has 4 aliphatic carbocycles. The van der Waals surface area contributed by atoms with Gasteiger partial charge in [-0.15, -0.1) is 0 Å². The lowest BCUT2D eigenvalue weighted by Crippen LogP contribution is -2.15. The highest BCUT2D eigenvalue weighted by atomic mass is 36.0. The van der Waals surface area contributed by atoms with E-state index in [9.17, 15) is 14.2 Å². The van der Waals surface area contributed by atoms with Gasteiger partial charge in [-0.05, 0) is 197 Å². The van der Waals surface area contributed by atoms with Crippen LogP contribution >= 0.6 is 50.5 Å². The third-order valence-electron chi connectivity index (χ3n) is 14.2. The lowest BCUT2D eigenvalue weighted by Gasteiger charge is -2.21. The first-order valence-corrected chi connectivity index (χ1v) is 34.7. The number of aryl methyl sites for hydroxylation is 8. The lowest BCUT2D eigenvalue weighted by atomic mass is 10.1. The van der Waals surface area contributed by atoms with Crippen LogP contribution < -0.4 is 26.4 Å². The summed E-state index contributed by atoms with van der Waals surface area (Å²) in [5.41, 5.74) is 22.1. The largest absolute Gasteiger partial charge is 0.463 e. The number of nitrogens with zero attached hydrogens (tertiary/aromatic N) is 11. The third-order valence-corrected chi connectivity index (χ3v) is 14.6. The molecule has 0 unspecified atom stereocenters. The molecule has 0 saturated heterocycles. The second-order valence-corrected chi connectivity index (χ2v) is 27.8. The molecule has 0 saturated carbocycles. The van der Waals surface area contributed by atoms with Crippen molar-refractivity contribution in [2.45, 2.75) is 107 Å². The molecule has 0 fully saturated rings. The molecule has 12 rings (SSSR count).